The molecule has 1 atom stereocenters. The van der Waals surface area contributed by atoms with Crippen LogP contribution in [0.5, 0.6) is 23.0 Å². The summed E-state index contributed by atoms with van der Waals surface area (Å²) in [4.78, 5) is 2.25. The van der Waals surface area contributed by atoms with Gasteiger partial charge in [0.15, 0.2) is 23.0 Å². The predicted octanol–water partition coefficient (Wildman–Crippen LogP) is 8.55. The summed E-state index contributed by atoms with van der Waals surface area (Å²) < 4.78 is 12.7. The van der Waals surface area contributed by atoms with Crippen molar-refractivity contribution in [3.05, 3.63) is 90.5 Å². The smallest absolute Gasteiger partial charge is 0.156 e. The van der Waals surface area contributed by atoms with Crippen molar-refractivity contribution in [3.63, 3.8) is 0 Å². The Labute approximate surface area is 182 Å². The van der Waals surface area contributed by atoms with E-state index < -0.39 is 0 Å². The van der Waals surface area contributed by atoms with Crippen LogP contribution in [0.1, 0.15) is 31.7 Å². The fraction of sp³-hybridized carbons (Fsp3) is 0.143. The fourth-order valence-corrected chi connectivity index (χ4v) is 4.43. The molecule has 0 bridgehead atoms. The zero-order chi connectivity index (χ0) is 20.9. The SMILES string of the molecule is CCC(C)c1ccc(-c2cc3c4c(c2)Oc2ccccc2N4c2ccccc2O3)cc1. The van der Waals surface area contributed by atoms with E-state index in [0.717, 1.165) is 57.6 Å². The summed E-state index contributed by atoms with van der Waals surface area (Å²) in [5, 5.41) is 0. The molecule has 4 aromatic carbocycles. The van der Waals surface area contributed by atoms with Crippen molar-refractivity contribution >= 4 is 17.1 Å². The molecule has 2 aliphatic rings. The van der Waals surface area contributed by atoms with Gasteiger partial charge in [-0.05, 0) is 65.4 Å². The van der Waals surface area contributed by atoms with E-state index >= 15 is 0 Å². The number of hydrogen-bond acceptors (Lipinski definition) is 3. The minimum atomic E-state index is 0.562. The number of benzene rings is 4. The minimum Gasteiger partial charge on any atom is -0.453 e. The Balaban J connectivity index is 1.52. The van der Waals surface area contributed by atoms with Gasteiger partial charge in [-0.2, -0.15) is 0 Å². The zero-order valence-electron chi connectivity index (χ0n) is 17.6. The Morgan fingerprint density at radius 2 is 1.23 bits per heavy atom. The molecule has 1 unspecified atom stereocenters. The molecule has 0 spiro atoms. The van der Waals surface area contributed by atoms with Gasteiger partial charge in [-0.25, -0.2) is 0 Å². The number of fused-ring (bicyclic) bond motifs is 4. The van der Waals surface area contributed by atoms with Crippen LogP contribution in [-0.4, -0.2) is 0 Å². The van der Waals surface area contributed by atoms with Crippen LogP contribution in [0.3, 0.4) is 0 Å². The van der Waals surface area contributed by atoms with Crippen molar-refractivity contribution in [1.29, 1.82) is 0 Å². The summed E-state index contributed by atoms with van der Waals surface area (Å²) in [7, 11) is 0. The van der Waals surface area contributed by atoms with Gasteiger partial charge in [-0.3, -0.25) is 4.90 Å². The van der Waals surface area contributed by atoms with Crippen molar-refractivity contribution < 1.29 is 9.47 Å². The highest BCUT2D eigenvalue weighted by Crippen LogP contribution is 2.60. The first-order valence-electron chi connectivity index (χ1n) is 10.8. The van der Waals surface area contributed by atoms with E-state index in [9.17, 15) is 0 Å². The monoisotopic (exact) mass is 405 g/mol. The molecule has 3 nitrogen and oxygen atoms in total. The second-order valence-corrected chi connectivity index (χ2v) is 8.23. The lowest BCUT2D eigenvalue weighted by Crippen LogP contribution is -2.20. The number of nitrogens with zero attached hydrogens (tertiary/aromatic N) is 1. The molecular formula is C28H23NO2. The maximum Gasteiger partial charge on any atom is 0.156 e. The maximum atomic E-state index is 6.36. The summed E-state index contributed by atoms with van der Waals surface area (Å²) in [5.74, 6) is 3.88. The van der Waals surface area contributed by atoms with Crippen LogP contribution in [0.25, 0.3) is 11.1 Å². The highest BCUT2D eigenvalue weighted by Gasteiger charge is 2.34. The lowest BCUT2D eigenvalue weighted by Gasteiger charge is -2.38. The van der Waals surface area contributed by atoms with Crippen LogP contribution < -0.4 is 14.4 Å². The van der Waals surface area contributed by atoms with Gasteiger partial charge in [0.05, 0.1) is 11.4 Å². The molecule has 6 rings (SSSR count). The Bertz CT molecular complexity index is 1220. The Hall–Kier alpha value is -3.72. The van der Waals surface area contributed by atoms with E-state index in [1.54, 1.807) is 0 Å². The molecule has 0 saturated heterocycles. The third-order valence-electron chi connectivity index (χ3n) is 6.34. The normalized spacial score (nSPS) is 13.9. The molecule has 0 aliphatic carbocycles. The van der Waals surface area contributed by atoms with Gasteiger partial charge in [0.25, 0.3) is 0 Å². The second-order valence-electron chi connectivity index (χ2n) is 8.23. The highest BCUT2D eigenvalue weighted by atomic mass is 16.5. The topological polar surface area (TPSA) is 21.7 Å². The van der Waals surface area contributed by atoms with Crippen molar-refractivity contribution in [2.24, 2.45) is 0 Å². The maximum absolute atomic E-state index is 6.36. The van der Waals surface area contributed by atoms with E-state index in [-0.39, 0.29) is 0 Å². The molecule has 2 heterocycles. The van der Waals surface area contributed by atoms with E-state index in [1.807, 2.05) is 36.4 Å². The second kappa shape index (κ2) is 6.92. The molecular weight excluding hydrogens is 382 g/mol. The van der Waals surface area contributed by atoms with E-state index in [2.05, 4.69) is 67.3 Å². The molecule has 4 aromatic rings. The summed E-state index contributed by atoms with van der Waals surface area (Å²) in [6, 6.07) is 29.4. The zero-order valence-corrected chi connectivity index (χ0v) is 17.6. The average Bonchev–Trinajstić information content (AvgIpc) is 2.83. The van der Waals surface area contributed by atoms with E-state index in [1.165, 1.54) is 5.56 Å². The van der Waals surface area contributed by atoms with Crippen molar-refractivity contribution in [2.45, 2.75) is 26.2 Å². The summed E-state index contributed by atoms with van der Waals surface area (Å²) >= 11 is 0. The van der Waals surface area contributed by atoms with Crippen molar-refractivity contribution in [3.8, 4) is 34.1 Å². The van der Waals surface area contributed by atoms with Gasteiger partial charge < -0.3 is 9.47 Å². The number of para-hydroxylation sites is 4. The molecule has 0 fully saturated rings. The molecule has 152 valence electrons. The Morgan fingerprint density at radius 3 is 1.77 bits per heavy atom. The van der Waals surface area contributed by atoms with Gasteiger partial charge in [0.1, 0.15) is 5.69 Å². The number of ether oxygens (including phenoxy) is 2. The van der Waals surface area contributed by atoms with Gasteiger partial charge >= 0.3 is 0 Å². The van der Waals surface area contributed by atoms with Crippen molar-refractivity contribution in [1.82, 2.24) is 0 Å². The molecule has 2 aliphatic heterocycles. The molecule has 0 aromatic heterocycles. The third kappa shape index (κ3) is 2.81. The Morgan fingerprint density at radius 1 is 0.677 bits per heavy atom. The number of rotatable bonds is 3. The van der Waals surface area contributed by atoms with Gasteiger partial charge in [0.2, 0.25) is 0 Å². The molecule has 0 N–H and O–H groups in total. The van der Waals surface area contributed by atoms with Gasteiger partial charge in [-0.1, -0.05) is 62.4 Å². The molecule has 0 saturated carbocycles. The lowest BCUT2D eigenvalue weighted by molar-refractivity contribution is 0.446. The largest absolute Gasteiger partial charge is 0.453 e. The summed E-state index contributed by atoms with van der Waals surface area (Å²) in [6.45, 7) is 4.49. The Kier molecular flexibility index (Phi) is 4.03. The molecule has 3 heteroatoms. The quantitative estimate of drug-likeness (QED) is 0.294. The summed E-state index contributed by atoms with van der Waals surface area (Å²) in [6.07, 6.45) is 1.14. The summed E-state index contributed by atoms with van der Waals surface area (Å²) in [5.41, 5.74) is 6.62. The predicted molar refractivity (Wildman–Crippen MR) is 125 cm³/mol. The van der Waals surface area contributed by atoms with Gasteiger partial charge in [-0.15, -0.1) is 0 Å². The standard InChI is InChI=1S/C28H23NO2/c1-3-18(2)19-12-14-20(15-13-19)21-16-26-28-27(17-21)31-25-11-7-5-9-23(25)29(28)22-8-4-6-10-24(22)30-26/h4-18H,3H2,1-2H3. The minimum absolute atomic E-state index is 0.562. The number of anilines is 3. The molecule has 0 radical (unpaired) electrons. The first-order valence-corrected chi connectivity index (χ1v) is 10.8. The lowest BCUT2D eigenvalue weighted by atomic mass is 9.95. The van der Waals surface area contributed by atoms with Gasteiger partial charge in [0, 0.05) is 0 Å². The van der Waals surface area contributed by atoms with Crippen LogP contribution in [-0.2, 0) is 0 Å². The van der Waals surface area contributed by atoms with Crippen LogP contribution in [0.15, 0.2) is 84.9 Å². The number of hydrogen-bond donors (Lipinski definition) is 0. The van der Waals surface area contributed by atoms with Crippen LogP contribution in [0, 0.1) is 0 Å². The van der Waals surface area contributed by atoms with Crippen LogP contribution >= 0.6 is 0 Å². The first kappa shape index (κ1) is 18.1. The molecule has 31 heavy (non-hydrogen) atoms. The third-order valence-corrected chi connectivity index (χ3v) is 6.34. The van der Waals surface area contributed by atoms with Crippen molar-refractivity contribution in [2.75, 3.05) is 4.90 Å². The fourth-order valence-electron chi connectivity index (χ4n) is 4.43. The first-order chi connectivity index (χ1) is 15.2. The van der Waals surface area contributed by atoms with Crippen LogP contribution in [0.4, 0.5) is 17.1 Å². The molecule has 0 amide bonds. The average molecular weight is 405 g/mol. The highest BCUT2D eigenvalue weighted by molar-refractivity contribution is 5.95. The van der Waals surface area contributed by atoms with E-state index in [0.29, 0.717) is 5.92 Å². The van der Waals surface area contributed by atoms with Crippen LogP contribution in [0.2, 0.25) is 0 Å². The van der Waals surface area contributed by atoms with E-state index in [4.69, 9.17) is 9.47 Å².